The van der Waals surface area contributed by atoms with E-state index in [1.54, 1.807) is 24.3 Å². The van der Waals surface area contributed by atoms with Crippen LogP contribution in [0.2, 0.25) is 0 Å². The van der Waals surface area contributed by atoms with Gasteiger partial charge in [-0.1, -0.05) is 12.1 Å². The lowest BCUT2D eigenvalue weighted by Gasteiger charge is -2.09. The number of rotatable bonds is 4. The average molecular weight is 379 g/mol. The van der Waals surface area contributed by atoms with Crippen molar-refractivity contribution in [1.82, 2.24) is 0 Å². The lowest BCUT2D eigenvalue weighted by Crippen LogP contribution is -2.01. The molecule has 0 saturated heterocycles. The number of carboxylic acid groups (broad SMARTS) is 1. The van der Waals surface area contributed by atoms with Crippen LogP contribution in [0, 0.1) is 14.9 Å². The van der Waals surface area contributed by atoms with Gasteiger partial charge in [0.2, 0.25) is 0 Å². The van der Waals surface area contributed by atoms with Crippen LogP contribution in [-0.2, 0) is 6.61 Å². The summed E-state index contributed by atoms with van der Waals surface area (Å²) in [6, 6.07) is 13.9. The lowest BCUT2D eigenvalue weighted by molar-refractivity contribution is 0.0696. The molecule has 5 heteroatoms. The van der Waals surface area contributed by atoms with Gasteiger partial charge in [-0.15, -0.1) is 0 Å². The Morgan fingerprint density at radius 3 is 2.55 bits per heavy atom. The summed E-state index contributed by atoms with van der Waals surface area (Å²) in [6.07, 6.45) is 0. The van der Waals surface area contributed by atoms with E-state index in [9.17, 15) is 4.79 Å². The maximum atomic E-state index is 10.9. The minimum atomic E-state index is -0.982. The maximum Gasteiger partial charge on any atom is 0.335 e. The van der Waals surface area contributed by atoms with Crippen LogP contribution < -0.4 is 4.74 Å². The van der Waals surface area contributed by atoms with Crippen molar-refractivity contribution in [2.24, 2.45) is 0 Å². The molecule has 1 N–H and O–H groups in total. The molecule has 2 rings (SSSR count). The quantitative estimate of drug-likeness (QED) is 0.827. The average Bonchev–Trinajstić information content (AvgIpc) is 2.46. The van der Waals surface area contributed by atoms with Crippen molar-refractivity contribution in [3.8, 4) is 11.8 Å². The van der Waals surface area contributed by atoms with Gasteiger partial charge in [0.1, 0.15) is 12.4 Å². The molecule has 0 aliphatic carbocycles. The second-order valence-electron chi connectivity index (χ2n) is 4.05. The van der Waals surface area contributed by atoms with E-state index >= 15 is 0 Å². The van der Waals surface area contributed by atoms with E-state index < -0.39 is 5.97 Å². The highest BCUT2D eigenvalue weighted by molar-refractivity contribution is 14.1. The van der Waals surface area contributed by atoms with Crippen LogP contribution in [0.1, 0.15) is 21.5 Å². The van der Waals surface area contributed by atoms with Crippen LogP contribution in [0.15, 0.2) is 42.5 Å². The van der Waals surface area contributed by atoms with Crippen molar-refractivity contribution < 1.29 is 14.6 Å². The first-order valence-corrected chi connectivity index (χ1v) is 6.82. The first-order chi connectivity index (χ1) is 9.60. The van der Waals surface area contributed by atoms with Gasteiger partial charge in [-0.05, 0) is 58.5 Å². The van der Waals surface area contributed by atoms with E-state index in [2.05, 4.69) is 22.6 Å². The number of benzene rings is 2. The van der Waals surface area contributed by atoms with E-state index in [1.165, 1.54) is 6.07 Å². The molecule has 0 radical (unpaired) electrons. The molecule has 20 heavy (non-hydrogen) atoms. The Bertz CT molecular complexity index is 675. The zero-order valence-corrected chi connectivity index (χ0v) is 12.5. The summed E-state index contributed by atoms with van der Waals surface area (Å²) in [5.41, 5.74) is 1.71. The van der Waals surface area contributed by atoms with Crippen molar-refractivity contribution in [1.29, 1.82) is 5.26 Å². The molecule has 100 valence electrons. The van der Waals surface area contributed by atoms with Crippen LogP contribution >= 0.6 is 22.6 Å². The number of hydrogen-bond donors (Lipinski definition) is 1. The zero-order chi connectivity index (χ0) is 14.5. The minimum Gasteiger partial charge on any atom is -0.488 e. The Morgan fingerprint density at radius 1 is 1.25 bits per heavy atom. The molecular weight excluding hydrogens is 369 g/mol. The Labute approximate surface area is 129 Å². The highest BCUT2D eigenvalue weighted by Gasteiger charge is 2.08. The molecule has 4 nitrogen and oxygen atoms in total. The largest absolute Gasteiger partial charge is 0.488 e. The fraction of sp³-hybridized carbons (Fsp3) is 0.0667. The smallest absolute Gasteiger partial charge is 0.335 e. The summed E-state index contributed by atoms with van der Waals surface area (Å²) in [6.45, 7) is 0.324. The van der Waals surface area contributed by atoms with E-state index in [0.717, 1.165) is 9.13 Å². The van der Waals surface area contributed by atoms with E-state index in [1.807, 2.05) is 18.2 Å². The van der Waals surface area contributed by atoms with Crippen molar-refractivity contribution >= 4 is 28.6 Å². The molecule has 0 amide bonds. The second kappa shape index (κ2) is 6.39. The number of halogens is 1. The summed E-state index contributed by atoms with van der Waals surface area (Å²) in [5.74, 6) is -0.445. The third-order valence-electron chi connectivity index (χ3n) is 2.66. The SMILES string of the molecule is N#Cc1ccc(COc2cc(C(=O)O)ccc2I)cc1. The number of aromatic carboxylic acids is 1. The standard InChI is InChI=1S/C15H10INO3/c16-13-6-5-12(15(18)19)7-14(13)20-9-11-3-1-10(8-17)2-4-11/h1-7H,9H2,(H,18,19). The molecule has 0 spiro atoms. The Balaban J connectivity index is 2.12. The fourth-order valence-electron chi connectivity index (χ4n) is 1.58. The molecule has 0 aliphatic heterocycles. The molecule has 0 aromatic heterocycles. The third kappa shape index (κ3) is 3.48. The molecule has 0 unspecified atom stereocenters. The van der Waals surface area contributed by atoms with Crippen molar-refractivity contribution in [3.05, 3.63) is 62.7 Å². The van der Waals surface area contributed by atoms with Crippen molar-refractivity contribution in [2.45, 2.75) is 6.61 Å². The van der Waals surface area contributed by atoms with Crippen LogP contribution in [0.5, 0.6) is 5.75 Å². The van der Waals surface area contributed by atoms with Gasteiger partial charge in [-0.2, -0.15) is 5.26 Å². The first kappa shape index (κ1) is 14.3. The molecule has 0 aliphatic rings. The Morgan fingerprint density at radius 2 is 1.95 bits per heavy atom. The van der Waals surface area contributed by atoms with E-state index in [4.69, 9.17) is 15.1 Å². The predicted molar refractivity (Wildman–Crippen MR) is 81.6 cm³/mol. The molecule has 0 saturated carbocycles. The third-order valence-corrected chi connectivity index (χ3v) is 3.55. The molecule has 0 fully saturated rings. The fourth-order valence-corrected chi connectivity index (χ4v) is 2.07. The molecule has 2 aromatic rings. The number of carboxylic acids is 1. The Kier molecular flexibility index (Phi) is 4.58. The minimum absolute atomic E-state index is 0.195. The summed E-state index contributed by atoms with van der Waals surface area (Å²) in [7, 11) is 0. The van der Waals surface area contributed by atoms with Gasteiger partial charge in [0.05, 0.1) is 20.8 Å². The summed E-state index contributed by atoms with van der Waals surface area (Å²) >= 11 is 2.09. The topological polar surface area (TPSA) is 70.3 Å². The van der Waals surface area contributed by atoms with Crippen LogP contribution in [0.4, 0.5) is 0 Å². The predicted octanol–water partition coefficient (Wildman–Crippen LogP) is 3.44. The summed E-state index contributed by atoms with van der Waals surface area (Å²) in [4.78, 5) is 10.9. The number of hydrogen-bond acceptors (Lipinski definition) is 3. The number of nitrogens with zero attached hydrogens (tertiary/aromatic N) is 1. The van der Waals surface area contributed by atoms with Gasteiger partial charge >= 0.3 is 5.97 Å². The van der Waals surface area contributed by atoms with Gasteiger partial charge in [0.25, 0.3) is 0 Å². The number of ether oxygens (including phenoxy) is 1. The highest BCUT2D eigenvalue weighted by atomic mass is 127. The molecule has 0 atom stereocenters. The molecule has 0 bridgehead atoms. The first-order valence-electron chi connectivity index (χ1n) is 5.75. The van der Waals surface area contributed by atoms with Gasteiger partial charge in [-0.3, -0.25) is 0 Å². The van der Waals surface area contributed by atoms with Gasteiger partial charge < -0.3 is 9.84 Å². The lowest BCUT2D eigenvalue weighted by atomic mass is 10.1. The number of carbonyl (C=O) groups is 1. The maximum absolute atomic E-state index is 10.9. The van der Waals surface area contributed by atoms with Crippen molar-refractivity contribution in [3.63, 3.8) is 0 Å². The van der Waals surface area contributed by atoms with E-state index in [-0.39, 0.29) is 5.56 Å². The van der Waals surface area contributed by atoms with E-state index in [0.29, 0.717) is 17.9 Å². The van der Waals surface area contributed by atoms with Crippen LogP contribution in [0.3, 0.4) is 0 Å². The zero-order valence-electron chi connectivity index (χ0n) is 10.3. The van der Waals surface area contributed by atoms with Gasteiger partial charge in [-0.25, -0.2) is 4.79 Å². The number of nitriles is 1. The summed E-state index contributed by atoms with van der Waals surface area (Å²) < 4.78 is 6.48. The van der Waals surface area contributed by atoms with Gasteiger partial charge in [0.15, 0.2) is 0 Å². The summed E-state index contributed by atoms with van der Waals surface area (Å²) in [5, 5.41) is 17.7. The normalized spacial score (nSPS) is 9.80. The second-order valence-corrected chi connectivity index (χ2v) is 5.21. The van der Waals surface area contributed by atoms with Crippen LogP contribution in [0.25, 0.3) is 0 Å². The molecular formula is C15H10INO3. The molecule has 0 heterocycles. The van der Waals surface area contributed by atoms with Crippen molar-refractivity contribution in [2.75, 3.05) is 0 Å². The monoisotopic (exact) mass is 379 g/mol. The highest BCUT2D eigenvalue weighted by Crippen LogP contribution is 2.23. The van der Waals surface area contributed by atoms with Gasteiger partial charge in [0, 0.05) is 0 Å². The van der Waals surface area contributed by atoms with Crippen LogP contribution in [-0.4, -0.2) is 11.1 Å². The Hall–Kier alpha value is -2.07. The molecule has 2 aromatic carbocycles.